The number of nitrogen functional groups attached to an aromatic ring is 1. The minimum Gasteiger partial charge on any atom is -0.543 e. The molecule has 5 heterocycles. The largest absolute Gasteiger partial charge is 1.00 e. The third-order valence-corrected chi connectivity index (χ3v) is 13.1. The van der Waals surface area contributed by atoms with Crippen molar-refractivity contribution in [3.8, 4) is 23.0 Å². The average Bonchev–Trinajstić information content (AvgIpc) is 3.77. The SMILES string of the molecule is Cc1cc(SCC2=C(C(=O)[O-])N3C(=O)[C@@H](NC(=O)/C(=N\OCc4ccc(O)c(O)c4)c4csc(N)n4)[C@H]3SC2)n2nc(CS(=O)(=O)c3ccc(O)c(O)c3)nc2n1.[Na+]. The number of nitrogens with zero attached hydrogens (tertiary/aromatic N) is 7. The Balaban J connectivity index is 0.00000567. The molecule has 2 aromatic carbocycles. The van der Waals surface area contributed by atoms with Crippen LogP contribution in [-0.2, 0) is 41.4 Å². The van der Waals surface area contributed by atoms with E-state index in [2.05, 4.69) is 30.5 Å². The predicted molar refractivity (Wildman–Crippen MR) is 202 cm³/mol. The molecule has 0 saturated carbocycles. The van der Waals surface area contributed by atoms with Crippen LogP contribution in [0.25, 0.3) is 5.78 Å². The Hall–Kier alpha value is -5.11. The van der Waals surface area contributed by atoms with Crippen molar-refractivity contribution in [1.29, 1.82) is 0 Å². The Morgan fingerprint density at radius 1 is 1.07 bits per heavy atom. The van der Waals surface area contributed by atoms with E-state index in [1.807, 2.05) is 0 Å². The van der Waals surface area contributed by atoms with Crippen molar-refractivity contribution in [1.82, 2.24) is 34.8 Å². The normalized spacial score (nSPS) is 16.7. The van der Waals surface area contributed by atoms with Gasteiger partial charge in [0, 0.05) is 28.6 Å². The number of sulfone groups is 1. The van der Waals surface area contributed by atoms with Gasteiger partial charge in [-0.1, -0.05) is 11.2 Å². The number of aromatic hydroxyl groups is 4. The molecule has 1 fully saturated rings. The number of carboxylic acid groups (broad SMARTS) is 1. The van der Waals surface area contributed by atoms with Gasteiger partial charge in [-0.3, -0.25) is 14.5 Å². The number of amides is 2. The number of carboxylic acids is 1. The number of aryl methyl sites for hydroxylation is 1. The van der Waals surface area contributed by atoms with Crippen molar-refractivity contribution in [3.05, 3.63) is 81.9 Å². The summed E-state index contributed by atoms with van der Waals surface area (Å²) < 4.78 is 27.4. The number of phenolic OH excluding ortho intramolecular Hbond substituents is 4. The minimum absolute atomic E-state index is 0. The number of phenols is 4. The fourth-order valence-electron chi connectivity index (χ4n) is 5.69. The molecule has 296 valence electrons. The summed E-state index contributed by atoms with van der Waals surface area (Å²) in [5.41, 5.74) is 6.41. The van der Waals surface area contributed by atoms with Crippen LogP contribution in [0.2, 0.25) is 0 Å². The number of β-lactam (4-membered cyclic amide) rings is 1. The maximum atomic E-state index is 13.5. The number of hydrogen-bond acceptors (Lipinski definition) is 20. The van der Waals surface area contributed by atoms with Crippen LogP contribution >= 0.6 is 34.9 Å². The van der Waals surface area contributed by atoms with Crippen molar-refractivity contribution >= 4 is 79.1 Å². The molecule has 0 unspecified atom stereocenters. The van der Waals surface area contributed by atoms with E-state index < -0.39 is 56.3 Å². The van der Waals surface area contributed by atoms with Crippen LogP contribution in [0.5, 0.6) is 23.0 Å². The number of hydrogen-bond donors (Lipinski definition) is 6. The third-order valence-electron chi connectivity index (χ3n) is 8.40. The van der Waals surface area contributed by atoms with Gasteiger partial charge in [0.15, 0.2) is 49.5 Å². The average molecular weight is 878 g/mol. The molecule has 0 aliphatic carbocycles. The topological polar surface area (TPSA) is 308 Å². The zero-order valence-electron chi connectivity index (χ0n) is 30.1. The van der Waals surface area contributed by atoms with Gasteiger partial charge in [-0.05, 0) is 48.4 Å². The van der Waals surface area contributed by atoms with Gasteiger partial charge in [-0.2, -0.15) is 9.50 Å². The number of nitrogens with two attached hydrogens (primary N) is 1. The molecule has 0 spiro atoms. The maximum Gasteiger partial charge on any atom is 1.00 e. The van der Waals surface area contributed by atoms with Crippen molar-refractivity contribution in [2.45, 2.75) is 40.6 Å². The van der Waals surface area contributed by atoms with Crippen molar-refractivity contribution in [3.63, 3.8) is 0 Å². The first-order valence-corrected chi connectivity index (χ1v) is 20.9. The number of fused-ring (bicyclic) bond motifs is 2. The second-order valence-electron chi connectivity index (χ2n) is 12.4. The van der Waals surface area contributed by atoms with Crippen LogP contribution in [0.15, 0.2) is 74.2 Å². The summed E-state index contributed by atoms with van der Waals surface area (Å²) >= 11 is 3.38. The maximum absolute atomic E-state index is 13.5. The molecule has 58 heavy (non-hydrogen) atoms. The van der Waals surface area contributed by atoms with Crippen LogP contribution in [0.3, 0.4) is 0 Å². The zero-order chi connectivity index (χ0) is 40.8. The van der Waals surface area contributed by atoms with E-state index in [9.17, 15) is 48.3 Å². The monoisotopic (exact) mass is 877 g/mol. The van der Waals surface area contributed by atoms with Crippen LogP contribution < -0.4 is 45.7 Å². The summed E-state index contributed by atoms with van der Waals surface area (Å²) in [5.74, 6) is -5.49. The van der Waals surface area contributed by atoms with Crippen LogP contribution in [0.4, 0.5) is 5.13 Å². The first-order valence-electron chi connectivity index (χ1n) is 16.3. The number of aliphatic carboxylic acids is 1. The number of thioether (sulfide) groups is 2. The number of anilines is 1. The zero-order valence-corrected chi connectivity index (χ0v) is 35.4. The number of nitrogens with one attached hydrogen (secondary N) is 1. The standard InChI is InChI=1S/C33H29N9O11S4.Na/c1-14-6-24(42-33(35-14)37-23(39-42)13-57(51,52)17-3-5-20(44)22(46)8-17)54-10-16-11-55-30-26(29(48)41(30)27(16)31(49)50)38-28(47)25(18-12-56-32(34)36-18)40-53-9-15-2-4-19(43)21(45)7-15;/h2-8,12,26,30,43-46H,9-11,13H2,1H3,(H2,34,36)(H,38,47)(H,49,50);/q;+1/p-1/b40-25-;/t26-,30-;/m1./s1. The molecule has 0 bridgehead atoms. The van der Waals surface area contributed by atoms with E-state index in [1.54, 1.807) is 13.0 Å². The van der Waals surface area contributed by atoms with E-state index in [4.69, 9.17) is 10.6 Å². The van der Waals surface area contributed by atoms with Gasteiger partial charge in [0.1, 0.15) is 34.5 Å². The number of aromatic nitrogens is 5. The fraction of sp³-hybridized carbons (Fsp3) is 0.212. The van der Waals surface area contributed by atoms with E-state index in [0.29, 0.717) is 21.9 Å². The van der Waals surface area contributed by atoms with E-state index in [-0.39, 0.29) is 97.9 Å². The van der Waals surface area contributed by atoms with Crippen LogP contribution in [-0.4, -0.2) is 105 Å². The van der Waals surface area contributed by atoms with E-state index in [1.165, 1.54) is 39.9 Å². The van der Waals surface area contributed by atoms with Crippen molar-refractivity contribution < 1.29 is 82.7 Å². The molecule has 2 aliphatic rings. The number of rotatable bonds is 13. The molecule has 5 aromatic rings. The Kier molecular flexibility index (Phi) is 12.5. The van der Waals surface area contributed by atoms with Crippen LogP contribution in [0.1, 0.15) is 22.8 Å². The quantitative estimate of drug-likeness (QED) is 0.0134. The number of thiazole rings is 1. The second-order valence-corrected chi connectivity index (χ2v) is 17.4. The first-order chi connectivity index (χ1) is 27.1. The molecular formula is C33H28N9NaO11S4. The Bertz CT molecular complexity index is 2650. The molecule has 2 amide bonds. The van der Waals surface area contributed by atoms with Crippen molar-refractivity contribution in [2.75, 3.05) is 17.2 Å². The smallest absolute Gasteiger partial charge is 0.543 e. The molecular weight excluding hydrogens is 850 g/mol. The third kappa shape index (κ3) is 8.67. The molecule has 1 saturated heterocycles. The van der Waals surface area contributed by atoms with Gasteiger partial charge >= 0.3 is 29.6 Å². The number of oxime groups is 1. The van der Waals surface area contributed by atoms with Gasteiger partial charge in [0.05, 0.1) is 16.6 Å². The van der Waals surface area contributed by atoms with E-state index >= 15 is 0 Å². The number of benzene rings is 2. The Labute approximate surface area is 362 Å². The Morgan fingerprint density at radius 2 is 1.79 bits per heavy atom. The van der Waals surface area contributed by atoms with Gasteiger partial charge < -0.3 is 46.2 Å². The summed E-state index contributed by atoms with van der Waals surface area (Å²) in [6.45, 7) is 1.47. The predicted octanol–water partition coefficient (Wildman–Crippen LogP) is -2.61. The molecule has 2 atom stereocenters. The van der Waals surface area contributed by atoms with Gasteiger partial charge in [0.2, 0.25) is 0 Å². The van der Waals surface area contributed by atoms with Crippen molar-refractivity contribution in [2.24, 2.45) is 5.16 Å². The summed E-state index contributed by atoms with van der Waals surface area (Å²) in [6, 6.07) is 7.55. The Morgan fingerprint density at radius 3 is 2.47 bits per heavy atom. The molecule has 7 N–H and O–H groups in total. The molecule has 3 aromatic heterocycles. The summed E-state index contributed by atoms with van der Waals surface area (Å²) in [6.07, 6.45) is 0. The van der Waals surface area contributed by atoms with Gasteiger partial charge in [0.25, 0.3) is 17.6 Å². The molecule has 25 heteroatoms. The van der Waals surface area contributed by atoms with Crippen LogP contribution in [0, 0.1) is 6.92 Å². The second kappa shape index (κ2) is 17.0. The summed E-state index contributed by atoms with van der Waals surface area (Å²) in [5, 5.41) is 63.2. The number of carbonyl (C=O) groups excluding carboxylic acids is 3. The molecule has 20 nitrogen and oxygen atoms in total. The summed E-state index contributed by atoms with van der Waals surface area (Å²) in [7, 11) is -4.05. The minimum atomic E-state index is -4.05. The molecule has 7 rings (SSSR count). The molecule has 0 radical (unpaired) electrons. The summed E-state index contributed by atoms with van der Waals surface area (Å²) in [4.78, 5) is 58.3. The molecule has 2 aliphatic heterocycles. The van der Waals surface area contributed by atoms with Gasteiger partial charge in [-0.25, -0.2) is 18.4 Å². The number of carbonyl (C=O) groups is 3. The first kappa shape index (κ1) is 42.5. The van der Waals surface area contributed by atoms with Gasteiger partial charge in [-0.15, -0.1) is 40.0 Å². The fourth-order valence-corrected chi connectivity index (χ4v) is 9.97. The van der Waals surface area contributed by atoms with E-state index in [0.717, 1.165) is 46.2 Å².